The molecule has 8 heteroatoms. The number of rotatable bonds is 8. The van der Waals surface area contributed by atoms with E-state index in [1.165, 1.54) is 12.5 Å². The van der Waals surface area contributed by atoms with Crippen LogP contribution in [-0.2, 0) is 13.1 Å². The number of furan rings is 3. The van der Waals surface area contributed by atoms with Crippen LogP contribution in [0.25, 0.3) is 0 Å². The largest absolute Gasteiger partial charge is 0.467 e. The maximum Gasteiger partial charge on any atom is 0.291 e. The molecule has 0 bridgehead atoms. The normalized spacial score (nSPS) is 10.7. The highest BCUT2D eigenvalue weighted by Crippen LogP contribution is 2.26. The Hall–Kier alpha value is -4.20. The molecule has 4 aromatic rings. The molecule has 0 saturated carbocycles. The summed E-state index contributed by atoms with van der Waals surface area (Å²) < 4.78 is 16.0. The van der Waals surface area contributed by atoms with Crippen LogP contribution < -0.4 is 10.2 Å². The SMILES string of the molecule is CN(C)c1ccc(NC(=O)c2ccco2)cc1CN(Cc1ccco1)C(=O)c1ccco1. The van der Waals surface area contributed by atoms with Crippen molar-refractivity contribution in [1.29, 1.82) is 0 Å². The van der Waals surface area contributed by atoms with Gasteiger partial charge in [0.25, 0.3) is 11.8 Å². The van der Waals surface area contributed by atoms with E-state index in [0.29, 0.717) is 11.4 Å². The number of amides is 2. The lowest BCUT2D eigenvalue weighted by Crippen LogP contribution is -2.30. The molecule has 3 heterocycles. The van der Waals surface area contributed by atoms with Gasteiger partial charge in [0.05, 0.1) is 25.3 Å². The van der Waals surface area contributed by atoms with Crippen LogP contribution in [0, 0.1) is 0 Å². The van der Waals surface area contributed by atoms with Gasteiger partial charge in [-0.1, -0.05) is 0 Å². The van der Waals surface area contributed by atoms with Crippen LogP contribution in [0.4, 0.5) is 11.4 Å². The second kappa shape index (κ2) is 9.30. The average molecular weight is 433 g/mol. The van der Waals surface area contributed by atoms with Gasteiger partial charge >= 0.3 is 0 Å². The molecule has 1 N–H and O–H groups in total. The number of nitrogens with zero attached hydrogens (tertiary/aromatic N) is 2. The highest BCUT2D eigenvalue weighted by Gasteiger charge is 2.22. The van der Waals surface area contributed by atoms with E-state index in [2.05, 4.69) is 5.32 Å². The maximum absolute atomic E-state index is 13.1. The van der Waals surface area contributed by atoms with E-state index < -0.39 is 0 Å². The minimum Gasteiger partial charge on any atom is -0.467 e. The highest BCUT2D eigenvalue weighted by molar-refractivity contribution is 6.02. The Kier molecular flexibility index (Phi) is 6.12. The zero-order valence-corrected chi connectivity index (χ0v) is 17.8. The van der Waals surface area contributed by atoms with Gasteiger partial charge in [-0.25, -0.2) is 0 Å². The van der Waals surface area contributed by atoms with Gasteiger partial charge in [-0.15, -0.1) is 0 Å². The third kappa shape index (κ3) is 4.75. The number of hydrogen-bond donors (Lipinski definition) is 1. The first-order valence-electron chi connectivity index (χ1n) is 10.0. The van der Waals surface area contributed by atoms with Crippen LogP contribution >= 0.6 is 0 Å². The van der Waals surface area contributed by atoms with E-state index in [-0.39, 0.29) is 36.4 Å². The van der Waals surface area contributed by atoms with Gasteiger partial charge in [-0.2, -0.15) is 0 Å². The maximum atomic E-state index is 13.1. The van der Waals surface area contributed by atoms with E-state index in [1.54, 1.807) is 41.5 Å². The topological polar surface area (TPSA) is 92.1 Å². The quantitative estimate of drug-likeness (QED) is 0.436. The Morgan fingerprint density at radius 1 is 0.844 bits per heavy atom. The molecule has 0 aliphatic heterocycles. The summed E-state index contributed by atoms with van der Waals surface area (Å²) in [4.78, 5) is 29.1. The number of carbonyl (C=O) groups is 2. The average Bonchev–Trinajstić information content (AvgIpc) is 3.56. The predicted molar refractivity (Wildman–Crippen MR) is 118 cm³/mol. The molecule has 0 aliphatic carbocycles. The van der Waals surface area contributed by atoms with Crippen molar-refractivity contribution in [2.24, 2.45) is 0 Å². The van der Waals surface area contributed by atoms with Gasteiger partial charge in [0.15, 0.2) is 11.5 Å². The first-order valence-corrected chi connectivity index (χ1v) is 10.0. The Morgan fingerprint density at radius 3 is 2.16 bits per heavy atom. The molecule has 164 valence electrons. The molecule has 2 amide bonds. The first-order chi connectivity index (χ1) is 15.5. The zero-order valence-electron chi connectivity index (χ0n) is 17.8. The van der Waals surface area contributed by atoms with E-state index in [4.69, 9.17) is 13.3 Å². The van der Waals surface area contributed by atoms with Crippen molar-refractivity contribution in [1.82, 2.24) is 4.90 Å². The Morgan fingerprint density at radius 2 is 1.53 bits per heavy atom. The third-order valence-corrected chi connectivity index (χ3v) is 4.87. The van der Waals surface area contributed by atoms with Crippen LogP contribution in [0.2, 0.25) is 0 Å². The van der Waals surface area contributed by atoms with E-state index in [0.717, 1.165) is 11.3 Å². The Bertz CT molecular complexity index is 1160. The fourth-order valence-electron chi connectivity index (χ4n) is 3.38. The van der Waals surface area contributed by atoms with Crippen LogP contribution in [0.1, 0.15) is 32.4 Å². The van der Waals surface area contributed by atoms with Gasteiger partial charge in [-0.05, 0) is 60.2 Å². The monoisotopic (exact) mass is 433 g/mol. The Labute approximate surface area is 185 Å². The van der Waals surface area contributed by atoms with Crippen molar-refractivity contribution in [3.8, 4) is 0 Å². The van der Waals surface area contributed by atoms with Crippen molar-refractivity contribution >= 4 is 23.2 Å². The van der Waals surface area contributed by atoms with Crippen LogP contribution in [0.15, 0.2) is 86.6 Å². The van der Waals surface area contributed by atoms with Crippen LogP contribution in [0.5, 0.6) is 0 Å². The molecular formula is C24H23N3O5. The van der Waals surface area contributed by atoms with Gasteiger partial charge in [0.2, 0.25) is 0 Å². The smallest absolute Gasteiger partial charge is 0.291 e. The molecule has 0 atom stereocenters. The highest BCUT2D eigenvalue weighted by atomic mass is 16.3. The van der Waals surface area contributed by atoms with Gasteiger partial charge in [0, 0.05) is 32.0 Å². The molecule has 0 fully saturated rings. The van der Waals surface area contributed by atoms with E-state index in [9.17, 15) is 9.59 Å². The van der Waals surface area contributed by atoms with Gasteiger partial charge in [0.1, 0.15) is 5.76 Å². The van der Waals surface area contributed by atoms with Crippen molar-refractivity contribution in [2.75, 3.05) is 24.3 Å². The van der Waals surface area contributed by atoms with Crippen molar-refractivity contribution in [3.63, 3.8) is 0 Å². The zero-order chi connectivity index (χ0) is 22.5. The lowest BCUT2D eigenvalue weighted by atomic mass is 10.1. The summed E-state index contributed by atoms with van der Waals surface area (Å²) in [6, 6.07) is 15.7. The Balaban J connectivity index is 1.63. The molecule has 3 aromatic heterocycles. The van der Waals surface area contributed by atoms with Gasteiger partial charge < -0.3 is 28.4 Å². The van der Waals surface area contributed by atoms with Crippen molar-refractivity contribution in [3.05, 3.63) is 96.2 Å². The minimum absolute atomic E-state index is 0.218. The summed E-state index contributed by atoms with van der Waals surface area (Å²) in [6.45, 7) is 0.542. The number of anilines is 2. The lowest BCUT2D eigenvalue weighted by molar-refractivity contribution is 0.0685. The lowest BCUT2D eigenvalue weighted by Gasteiger charge is -2.25. The summed E-state index contributed by atoms with van der Waals surface area (Å²) in [5.74, 6) is 0.498. The fraction of sp³-hybridized carbons (Fsp3) is 0.167. The molecule has 0 unspecified atom stereocenters. The summed E-state index contributed by atoms with van der Waals surface area (Å²) in [6.07, 6.45) is 4.48. The van der Waals surface area contributed by atoms with Crippen molar-refractivity contribution in [2.45, 2.75) is 13.1 Å². The second-order valence-corrected chi connectivity index (χ2v) is 7.39. The number of nitrogens with one attached hydrogen (secondary N) is 1. The second-order valence-electron chi connectivity index (χ2n) is 7.39. The molecule has 8 nitrogen and oxygen atoms in total. The molecular weight excluding hydrogens is 410 g/mol. The molecule has 0 radical (unpaired) electrons. The number of hydrogen-bond acceptors (Lipinski definition) is 6. The van der Waals surface area contributed by atoms with Crippen LogP contribution in [-0.4, -0.2) is 30.8 Å². The summed E-state index contributed by atoms with van der Waals surface area (Å²) in [5, 5.41) is 2.83. The standard InChI is InChI=1S/C24H23N3O5/c1-26(2)20-10-9-18(25-23(28)21-7-4-12-31-21)14-17(20)15-27(16-19-6-3-11-30-19)24(29)22-8-5-13-32-22/h3-14H,15-16H2,1-2H3,(H,25,28). The van der Waals surface area contributed by atoms with Crippen molar-refractivity contribution < 1.29 is 22.8 Å². The first kappa shape index (κ1) is 21.0. The van der Waals surface area contributed by atoms with E-state index in [1.807, 2.05) is 43.3 Å². The fourth-order valence-corrected chi connectivity index (χ4v) is 3.38. The number of carbonyl (C=O) groups excluding carboxylic acids is 2. The van der Waals surface area contributed by atoms with Gasteiger partial charge in [-0.3, -0.25) is 9.59 Å². The third-order valence-electron chi connectivity index (χ3n) is 4.87. The molecule has 4 rings (SSSR count). The molecule has 0 saturated heterocycles. The predicted octanol–water partition coefficient (Wildman–Crippen LogP) is 4.63. The minimum atomic E-state index is -0.349. The summed E-state index contributed by atoms with van der Waals surface area (Å²) in [5.41, 5.74) is 2.35. The molecule has 1 aromatic carbocycles. The van der Waals surface area contributed by atoms with Crippen LogP contribution in [0.3, 0.4) is 0 Å². The molecule has 32 heavy (non-hydrogen) atoms. The van der Waals surface area contributed by atoms with E-state index >= 15 is 0 Å². The molecule has 0 spiro atoms. The summed E-state index contributed by atoms with van der Waals surface area (Å²) >= 11 is 0. The number of benzene rings is 1. The summed E-state index contributed by atoms with van der Waals surface area (Å²) in [7, 11) is 3.84. The molecule has 0 aliphatic rings.